The van der Waals surface area contributed by atoms with Gasteiger partial charge in [0.05, 0.1) is 6.61 Å². The quantitative estimate of drug-likeness (QED) is 0.748. The number of nitrogens with one attached hydrogen (secondary N) is 1. The lowest BCUT2D eigenvalue weighted by atomic mass is 10.2. The molecule has 1 rings (SSSR count). The molecule has 0 aromatic carbocycles. The molecule has 0 amide bonds. The third kappa shape index (κ3) is 3.38. The van der Waals surface area contributed by atoms with Gasteiger partial charge in [0.1, 0.15) is 6.54 Å². The van der Waals surface area contributed by atoms with Crippen molar-refractivity contribution in [2.45, 2.75) is 33.4 Å². The Balaban J connectivity index is 2.66. The van der Waals surface area contributed by atoms with Gasteiger partial charge in [-0.1, -0.05) is 6.92 Å². The second-order valence-corrected chi connectivity index (χ2v) is 3.65. The fourth-order valence-electron chi connectivity index (χ4n) is 1.72. The lowest BCUT2D eigenvalue weighted by molar-refractivity contribution is -0.143. The van der Waals surface area contributed by atoms with Crippen molar-refractivity contribution in [3.63, 3.8) is 0 Å². The van der Waals surface area contributed by atoms with Crippen LogP contribution in [0.25, 0.3) is 0 Å². The van der Waals surface area contributed by atoms with E-state index in [0.29, 0.717) is 6.61 Å². The number of aromatic nitrogens is 1. The van der Waals surface area contributed by atoms with E-state index in [-0.39, 0.29) is 18.6 Å². The van der Waals surface area contributed by atoms with Gasteiger partial charge in [-0.2, -0.15) is 0 Å². The molecule has 4 heteroatoms. The number of ether oxygens (including phenoxy) is 1. The molecular formula is C12H20N2O2. The first kappa shape index (κ1) is 12.8. The summed E-state index contributed by atoms with van der Waals surface area (Å²) in [5.74, 6) is -0.191. The monoisotopic (exact) mass is 224 g/mol. The van der Waals surface area contributed by atoms with Gasteiger partial charge in [-0.3, -0.25) is 4.79 Å². The first-order valence-electron chi connectivity index (χ1n) is 5.73. The van der Waals surface area contributed by atoms with E-state index in [1.54, 1.807) is 0 Å². The Morgan fingerprint density at radius 1 is 1.56 bits per heavy atom. The molecule has 1 unspecified atom stereocenters. The van der Waals surface area contributed by atoms with Crippen LogP contribution >= 0.6 is 0 Å². The fraction of sp³-hybridized carbons (Fsp3) is 0.583. The molecule has 4 nitrogen and oxygen atoms in total. The van der Waals surface area contributed by atoms with Crippen LogP contribution in [-0.2, 0) is 16.1 Å². The summed E-state index contributed by atoms with van der Waals surface area (Å²) >= 11 is 0. The first-order chi connectivity index (χ1) is 7.69. The van der Waals surface area contributed by atoms with Crippen LogP contribution in [0.4, 0.5) is 0 Å². The van der Waals surface area contributed by atoms with Crippen LogP contribution < -0.4 is 5.32 Å². The number of carbonyl (C=O) groups is 1. The van der Waals surface area contributed by atoms with Crippen molar-refractivity contribution in [3.8, 4) is 0 Å². The molecule has 0 aliphatic rings. The van der Waals surface area contributed by atoms with Crippen LogP contribution in [0.5, 0.6) is 0 Å². The summed E-state index contributed by atoms with van der Waals surface area (Å²) in [6.07, 6.45) is 1.90. The van der Waals surface area contributed by atoms with E-state index in [1.165, 1.54) is 0 Å². The minimum absolute atomic E-state index is 0.191. The average Bonchev–Trinajstić information content (AvgIpc) is 2.66. The first-order valence-corrected chi connectivity index (χ1v) is 5.73. The lowest BCUT2D eigenvalue weighted by Gasteiger charge is -2.15. The maximum Gasteiger partial charge on any atom is 0.325 e. The Kier molecular flexibility index (Phi) is 5.05. The van der Waals surface area contributed by atoms with E-state index in [0.717, 1.165) is 12.2 Å². The van der Waals surface area contributed by atoms with E-state index in [9.17, 15) is 4.79 Å². The predicted molar refractivity (Wildman–Crippen MR) is 63.2 cm³/mol. The van der Waals surface area contributed by atoms with Crippen LogP contribution in [-0.4, -0.2) is 23.7 Å². The molecule has 0 aliphatic carbocycles. The Morgan fingerprint density at radius 3 is 2.94 bits per heavy atom. The van der Waals surface area contributed by atoms with Gasteiger partial charge in [-0.15, -0.1) is 0 Å². The highest BCUT2D eigenvalue weighted by Crippen LogP contribution is 2.13. The molecule has 1 atom stereocenters. The van der Waals surface area contributed by atoms with Crippen LogP contribution in [0.2, 0.25) is 0 Å². The fourth-order valence-corrected chi connectivity index (χ4v) is 1.72. The van der Waals surface area contributed by atoms with E-state index in [2.05, 4.69) is 19.2 Å². The number of carbonyl (C=O) groups excluding carboxylic acids is 1. The molecule has 90 valence electrons. The van der Waals surface area contributed by atoms with Crippen LogP contribution in [0.15, 0.2) is 18.3 Å². The molecule has 1 aromatic heterocycles. The molecule has 0 fully saturated rings. The SMILES string of the molecule is CCNC(C)c1cccn1CC(=O)OCC. The minimum Gasteiger partial charge on any atom is -0.465 e. The molecule has 1 aromatic rings. The van der Waals surface area contributed by atoms with Crippen molar-refractivity contribution in [1.82, 2.24) is 9.88 Å². The number of hydrogen-bond donors (Lipinski definition) is 1. The van der Waals surface area contributed by atoms with Crippen molar-refractivity contribution >= 4 is 5.97 Å². The van der Waals surface area contributed by atoms with Crippen molar-refractivity contribution in [2.75, 3.05) is 13.2 Å². The van der Waals surface area contributed by atoms with Gasteiger partial charge in [0.15, 0.2) is 0 Å². The number of hydrogen-bond acceptors (Lipinski definition) is 3. The number of rotatable bonds is 6. The van der Waals surface area contributed by atoms with E-state index < -0.39 is 0 Å². The molecule has 0 radical (unpaired) electrons. The Morgan fingerprint density at radius 2 is 2.31 bits per heavy atom. The smallest absolute Gasteiger partial charge is 0.325 e. The van der Waals surface area contributed by atoms with Crippen LogP contribution in [0.3, 0.4) is 0 Å². The summed E-state index contributed by atoms with van der Waals surface area (Å²) in [6.45, 7) is 7.58. The topological polar surface area (TPSA) is 43.3 Å². The largest absolute Gasteiger partial charge is 0.465 e. The van der Waals surface area contributed by atoms with Gasteiger partial charge in [0.25, 0.3) is 0 Å². The van der Waals surface area contributed by atoms with Crippen molar-refractivity contribution < 1.29 is 9.53 Å². The Bertz CT molecular complexity index is 334. The molecule has 0 bridgehead atoms. The zero-order valence-electron chi connectivity index (χ0n) is 10.2. The molecule has 0 saturated heterocycles. The van der Waals surface area contributed by atoms with E-state index in [1.807, 2.05) is 29.8 Å². The van der Waals surface area contributed by atoms with Crippen molar-refractivity contribution in [1.29, 1.82) is 0 Å². The average molecular weight is 224 g/mol. The second-order valence-electron chi connectivity index (χ2n) is 3.65. The highest BCUT2D eigenvalue weighted by molar-refractivity contribution is 5.69. The number of nitrogens with zero attached hydrogens (tertiary/aromatic N) is 1. The summed E-state index contributed by atoms with van der Waals surface area (Å²) < 4.78 is 6.85. The zero-order chi connectivity index (χ0) is 12.0. The molecule has 0 spiro atoms. The number of esters is 1. The summed E-state index contributed by atoms with van der Waals surface area (Å²) in [6, 6.07) is 4.21. The van der Waals surface area contributed by atoms with Gasteiger partial charge in [0.2, 0.25) is 0 Å². The Hall–Kier alpha value is -1.29. The van der Waals surface area contributed by atoms with Gasteiger partial charge in [-0.05, 0) is 32.5 Å². The van der Waals surface area contributed by atoms with E-state index >= 15 is 0 Å². The van der Waals surface area contributed by atoms with Gasteiger partial charge < -0.3 is 14.6 Å². The molecular weight excluding hydrogens is 204 g/mol. The highest BCUT2D eigenvalue weighted by atomic mass is 16.5. The minimum atomic E-state index is -0.191. The van der Waals surface area contributed by atoms with Gasteiger partial charge in [0, 0.05) is 17.9 Å². The maximum atomic E-state index is 11.4. The predicted octanol–water partition coefficient (Wildman–Crippen LogP) is 1.72. The Labute approximate surface area is 96.6 Å². The zero-order valence-corrected chi connectivity index (χ0v) is 10.2. The van der Waals surface area contributed by atoms with Crippen molar-refractivity contribution in [2.24, 2.45) is 0 Å². The van der Waals surface area contributed by atoms with Gasteiger partial charge >= 0.3 is 5.97 Å². The van der Waals surface area contributed by atoms with Crippen molar-refractivity contribution in [3.05, 3.63) is 24.0 Å². The maximum absolute atomic E-state index is 11.4. The molecule has 1 heterocycles. The van der Waals surface area contributed by atoms with Crippen LogP contribution in [0.1, 0.15) is 32.5 Å². The summed E-state index contributed by atoms with van der Waals surface area (Å²) in [4.78, 5) is 11.4. The summed E-state index contributed by atoms with van der Waals surface area (Å²) in [7, 11) is 0. The summed E-state index contributed by atoms with van der Waals surface area (Å²) in [5, 5.41) is 3.32. The second kappa shape index (κ2) is 6.33. The third-order valence-corrected chi connectivity index (χ3v) is 2.42. The lowest BCUT2D eigenvalue weighted by Crippen LogP contribution is -2.22. The normalized spacial score (nSPS) is 12.4. The standard InChI is InChI=1S/C12H20N2O2/c1-4-13-10(3)11-7-6-8-14(11)9-12(15)16-5-2/h6-8,10,13H,4-5,9H2,1-3H3. The third-order valence-electron chi connectivity index (χ3n) is 2.42. The molecule has 0 saturated carbocycles. The highest BCUT2D eigenvalue weighted by Gasteiger charge is 2.11. The molecule has 16 heavy (non-hydrogen) atoms. The van der Waals surface area contributed by atoms with Crippen LogP contribution in [0, 0.1) is 0 Å². The molecule has 1 N–H and O–H groups in total. The summed E-state index contributed by atoms with van der Waals surface area (Å²) in [5.41, 5.74) is 1.11. The van der Waals surface area contributed by atoms with Gasteiger partial charge in [-0.25, -0.2) is 0 Å². The molecule has 0 aliphatic heterocycles. The van der Waals surface area contributed by atoms with E-state index in [4.69, 9.17) is 4.74 Å².